The van der Waals surface area contributed by atoms with Crippen LogP contribution in [0.4, 0.5) is 0 Å². The van der Waals surface area contributed by atoms with E-state index in [4.69, 9.17) is 14.2 Å². The van der Waals surface area contributed by atoms with Crippen molar-refractivity contribution in [2.24, 2.45) is 5.92 Å². The predicted molar refractivity (Wildman–Crippen MR) is 80.7 cm³/mol. The van der Waals surface area contributed by atoms with Crippen molar-refractivity contribution < 1.29 is 19.0 Å². The first-order valence-corrected chi connectivity index (χ1v) is 7.30. The SMILES string of the molecule is C=CCc1cc(OCC)ccc1OC(C(=O)OC)C1CC1. The maximum Gasteiger partial charge on any atom is 0.347 e. The van der Waals surface area contributed by atoms with E-state index in [-0.39, 0.29) is 11.9 Å². The van der Waals surface area contributed by atoms with E-state index < -0.39 is 6.10 Å². The lowest BCUT2D eigenvalue weighted by molar-refractivity contribution is -0.149. The molecule has 0 spiro atoms. The van der Waals surface area contributed by atoms with Gasteiger partial charge in [-0.3, -0.25) is 0 Å². The van der Waals surface area contributed by atoms with Gasteiger partial charge in [0.15, 0.2) is 6.10 Å². The van der Waals surface area contributed by atoms with Crippen LogP contribution in [0.25, 0.3) is 0 Å². The molecule has 0 saturated heterocycles. The van der Waals surface area contributed by atoms with Crippen LogP contribution in [-0.4, -0.2) is 25.8 Å². The van der Waals surface area contributed by atoms with Crippen LogP contribution >= 0.6 is 0 Å². The summed E-state index contributed by atoms with van der Waals surface area (Å²) in [6.07, 6.45) is 3.97. The van der Waals surface area contributed by atoms with Gasteiger partial charge in [0.05, 0.1) is 13.7 Å². The van der Waals surface area contributed by atoms with Crippen molar-refractivity contribution in [2.75, 3.05) is 13.7 Å². The van der Waals surface area contributed by atoms with Crippen LogP contribution in [0.5, 0.6) is 11.5 Å². The van der Waals surface area contributed by atoms with E-state index in [0.29, 0.717) is 18.8 Å². The lowest BCUT2D eigenvalue weighted by atomic mass is 10.1. The van der Waals surface area contributed by atoms with Gasteiger partial charge in [0, 0.05) is 11.5 Å². The third kappa shape index (κ3) is 4.00. The Kier molecular flexibility index (Phi) is 5.26. The molecular formula is C17H22O4. The normalized spacial score (nSPS) is 15.1. The maximum atomic E-state index is 11.8. The van der Waals surface area contributed by atoms with Crippen molar-refractivity contribution in [3.8, 4) is 11.5 Å². The Morgan fingerprint density at radius 2 is 2.24 bits per heavy atom. The van der Waals surface area contributed by atoms with Gasteiger partial charge in [0.1, 0.15) is 11.5 Å². The highest BCUT2D eigenvalue weighted by atomic mass is 16.6. The quantitative estimate of drug-likeness (QED) is 0.545. The Morgan fingerprint density at radius 3 is 2.81 bits per heavy atom. The lowest BCUT2D eigenvalue weighted by Crippen LogP contribution is -2.31. The van der Waals surface area contributed by atoms with E-state index in [1.165, 1.54) is 7.11 Å². The molecule has 0 aliphatic heterocycles. The second kappa shape index (κ2) is 7.16. The van der Waals surface area contributed by atoms with Gasteiger partial charge in [-0.15, -0.1) is 6.58 Å². The van der Waals surface area contributed by atoms with Crippen LogP contribution in [-0.2, 0) is 16.0 Å². The Bertz CT molecular complexity index is 506. The van der Waals surface area contributed by atoms with E-state index in [2.05, 4.69) is 6.58 Å². The molecular weight excluding hydrogens is 268 g/mol. The summed E-state index contributed by atoms with van der Waals surface area (Å²) in [4.78, 5) is 11.8. The first kappa shape index (κ1) is 15.4. The van der Waals surface area contributed by atoms with Gasteiger partial charge >= 0.3 is 5.97 Å². The highest BCUT2D eigenvalue weighted by Crippen LogP contribution is 2.37. The molecule has 1 aromatic carbocycles. The highest BCUT2D eigenvalue weighted by Gasteiger charge is 2.39. The van der Waals surface area contributed by atoms with Crippen molar-refractivity contribution in [3.05, 3.63) is 36.4 Å². The lowest BCUT2D eigenvalue weighted by Gasteiger charge is -2.19. The van der Waals surface area contributed by atoms with Crippen LogP contribution < -0.4 is 9.47 Å². The summed E-state index contributed by atoms with van der Waals surface area (Å²) in [5.41, 5.74) is 0.963. The Balaban J connectivity index is 2.20. The maximum absolute atomic E-state index is 11.8. The molecule has 1 saturated carbocycles. The fourth-order valence-electron chi connectivity index (χ4n) is 2.23. The molecule has 1 aliphatic rings. The second-order valence-corrected chi connectivity index (χ2v) is 5.09. The molecule has 0 bridgehead atoms. The van der Waals surface area contributed by atoms with E-state index >= 15 is 0 Å². The van der Waals surface area contributed by atoms with Crippen LogP contribution in [0.3, 0.4) is 0 Å². The number of allylic oxidation sites excluding steroid dienone is 1. The summed E-state index contributed by atoms with van der Waals surface area (Å²) in [6.45, 7) is 6.32. The minimum absolute atomic E-state index is 0.264. The molecule has 0 heterocycles. The number of carbonyl (C=O) groups is 1. The van der Waals surface area contributed by atoms with Gasteiger partial charge in [-0.1, -0.05) is 6.08 Å². The minimum Gasteiger partial charge on any atom is -0.494 e. The Hall–Kier alpha value is -1.97. The molecule has 0 radical (unpaired) electrons. The number of ether oxygens (including phenoxy) is 3. The van der Waals surface area contributed by atoms with Crippen LogP contribution in [0.1, 0.15) is 25.3 Å². The van der Waals surface area contributed by atoms with Crippen LogP contribution in [0.2, 0.25) is 0 Å². The number of benzene rings is 1. The standard InChI is InChI=1S/C17H22O4/c1-4-6-13-11-14(20-5-2)9-10-15(13)21-16(12-7-8-12)17(18)19-3/h4,9-12,16H,1,5-8H2,2-3H3. The van der Waals surface area contributed by atoms with Crippen molar-refractivity contribution in [2.45, 2.75) is 32.3 Å². The Labute approximate surface area is 125 Å². The number of carbonyl (C=O) groups excluding carboxylic acids is 1. The summed E-state index contributed by atoms with van der Waals surface area (Å²) in [7, 11) is 1.39. The topological polar surface area (TPSA) is 44.8 Å². The molecule has 1 aliphatic carbocycles. The first-order chi connectivity index (χ1) is 10.2. The number of esters is 1. The molecule has 0 aromatic heterocycles. The first-order valence-electron chi connectivity index (χ1n) is 7.30. The number of hydrogen-bond acceptors (Lipinski definition) is 4. The largest absolute Gasteiger partial charge is 0.494 e. The van der Waals surface area contributed by atoms with Crippen molar-refractivity contribution in [3.63, 3.8) is 0 Å². The molecule has 0 amide bonds. The fraction of sp³-hybridized carbons (Fsp3) is 0.471. The minimum atomic E-state index is -0.517. The van der Waals surface area contributed by atoms with Crippen LogP contribution in [0.15, 0.2) is 30.9 Å². The molecule has 1 aromatic rings. The summed E-state index contributed by atoms with van der Waals surface area (Å²) in [5, 5.41) is 0. The van der Waals surface area contributed by atoms with Gasteiger partial charge in [-0.05, 0) is 44.4 Å². The highest BCUT2D eigenvalue weighted by molar-refractivity contribution is 5.76. The smallest absolute Gasteiger partial charge is 0.347 e. The van der Waals surface area contributed by atoms with Gasteiger partial charge in [-0.25, -0.2) is 4.79 Å². The summed E-state index contributed by atoms with van der Waals surface area (Å²) in [5.74, 6) is 1.44. The number of hydrogen-bond donors (Lipinski definition) is 0. The number of rotatable bonds is 8. The molecule has 21 heavy (non-hydrogen) atoms. The van der Waals surface area contributed by atoms with Gasteiger partial charge in [0.25, 0.3) is 0 Å². The molecule has 1 fully saturated rings. The van der Waals surface area contributed by atoms with E-state index in [1.807, 2.05) is 31.2 Å². The molecule has 1 atom stereocenters. The molecule has 114 valence electrons. The Morgan fingerprint density at radius 1 is 1.48 bits per heavy atom. The third-order valence-corrected chi connectivity index (χ3v) is 3.44. The summed E-state index contributed by atoms with van der Waals surface area (Å²) >= 11 is 0. The summed E-state index contributed by atoms with van der Waals surface area (Å²) in [6, 6.07) is 5.64. The number of methoxy groups -OCH3 is 1. The predicted octanol–water partition coefficient (Wildman–Crippen LogP) is 3.14. The van der Waals surface area contributed by atoms with Gasteiger partial charge in [-0.2, -0.15) is 0 Å². The van der Waals surface area contributed by atoms with Gasteiger partial charge in [0.2, 0.25) is 0 Å². The van der Waals surface area contributed by atoms with E-state index in [0.717, 1.165) is 24.2 Å². The molecule has 4 nitrogen and oxygen atoms in total. The molecule has 2 rings (SSSR count). The zero-order valence-electron chi connectivity index (χ0n) is 12.6. The molecule has 0 N–H and O–H groups in total. The third-order valence-electron chi connectivity index (χ3n) is 3.44. The van der Waals surface area contributed by atoms with Crippen molar-refractivity contribution in [1.29, 1.82) is 0 Å². The monoisotopic (exact) mass is 290 g/mol. The zero-order valence-corrected chi connectivity index (χ0v) is 12.6. The zero-order chi connectivity index (χ0) is 15.2. The van der Waals surface area contributed by atoms with E-state index in [1.54, 1.807) is 0 Å². The molecule has 4 heteroatoms. The average molecular weight is 290 g/mol. The van der Waals surface area contributed by atoms with E-state index in [9.17, 15) is 4.79 Å². The molecule has 1 unspecified atom stereocenters. The van der Waals surface area contributed by atoms with Crippen molar-refractivity contribution >= 4 is 5.97 Å². The van der Waals surface area contributed by atoms with Crippen LogP contribution in [0, 0.1) is 5.92 Å². The van der Waals surface area contributed by atoms with Crippen molar-refractivity contribution in [1.82, 2.24) is 0 Å². The average Bonchev–Trinajstić information content (AvgIpc) is 3.31. The fourth-order valence-corrected chi connectivity index (χ4v) is 2.23. The summed E-state index contributed by atoms with van der Waals surface area (Å²) < 4.78 is 16.3. The second-order valence-electron chi connectivity index (χ2n) is 5.09. The van der Waals surface area contributed by atoms with Gasteiger partial charge < -0.3 is 14.2 Å².